The largest absolute Gasteiger partial charge is 0.370 e. The molecule has 0 radical (unpaired) electrons. The zero-order valence-electron chi connectivity index (χ0n) is 11.6. The predicted octanol–water partition coefficient (Wildman–Crippen LogP) is 2.89. The molecule has 0 aromatic heterocycles. The van der Waals surface area contributed by atoms with Gasteiger partial charge >= 0.3 is 0 Å². The van der Waals surface area contributed by atoms with Crippen molar-refractivity contribution in [3.05, 3.63) is 35.1 Å². The number of nitrogens with two attached hydrogens (primary N) is 1. The van der Waals surface area contributed by atoms with Gasteiger partial charge in [-0.1, -0.05) is 19.4 Å². The van der Waals surface area contributed by atoms with Crippen molar-refractivity contribution in [2.45, 2.75) is 32.1 Å². The van der Waals surface area contributed by atoms with Crippen LogP contribution in [0.1, 0.15) is 30.9 Å². The van der Waals surface area contributed by atoms with E-state index in [1.807, 2.05) is 6.26 Å². The summed E-state index contributed by atoms with van der Waals surface area (Å²) in [4.78, 5) is 4.29. The fourth-order valence-electron chi connectivity index (χ4n) is 1.66. The van der Waals surface area contributed by atoms with Crippen LogP contribution < -0.4 is 11.1 Å². The van der Waals surface area contributed by atoms with Crippen LogP contribution in [0.4, 0.5) is 4.39 Å². The Morgan fingerprint density at radius 1 is 1.42 bits per heavy atom. The lowest BCUT2D eigenvalue weighted by Gasteiger charge is -2.08. The molecule has 0 heterocycles. The molecule has 0 saturated heterocycles. The van der Waals surface area contributed by atoms with Gasteiger partial charge in [-0.3, -0.25) is 0 Å². The lowest BCUT2D eigenvalue weighted by Crippen LogP contribution is -2.32. The van der Waals surface area contributed by atoms with E-state index in [9.17, 15) is 4.39 Å². The summed E-state index contributed by atoms with van der Waals surface area (Å²) < 4.78 is 13.2. The highest BCUT2D eigenvalue weighted by atomic mass is 32.2. The maximum atomic E-state index is 13.2. The zero-order valence-corrected chi connectivity index (χ0v) is 12.4. The van der Waals surface area contributed by atoms with Crippen LogP contribution in [-0.2, 0) is 12.3 Å². The van der Waals surface area contributed by atoms with Gasteiger partial charge in [0, 0.05) is 12.3 Å². The van der Waals surface area contributed by atoms with E-state index in [4.69, 9.17) is 5.73 Å². The van der Waals surface area contributed by atoms with Gasteiger partial charge in [0.05, 0.1) is 6.54 Å². The highest BCUT2D eigenvalue weighted by molar-refractivity contribution is 7.97. The number of halogens is 1. The molecule has 0 atom stereocenters. The maximum absolute atomic E-state index is 13.2. The molecule has 0 amide bonds. The number of thioether (sulfide) groups is 1. The van der Waals surface area contributed by atoms with E-state index >= 15 is 0 Å². The van der Waals surface area contributed by atoms with Crippen molar-refractivity contribution in [3.63, 3.8) is 0 Å². The maximum Gasteiger partial charge on any atom is 0.188 e. The Kier molecular flexibility index (Phi) is 7.33. The molecule has 0 aliphatic heterocycles. The second kappa shape index (κ2) is 8.80. The van der Waals surface area contributed by atoms with E-state index < -0.39 is 0 Å². The zero-order chi connectivity index (χ0) is 14.1. The fourth-order valence-corrected chi connectivity index (χ4v) is 2.24. The molecule has 106 valence electrons. The first-order chi connectivity index (χ1) is 9.17. The van der Waals surface area contributed by atoms with Crippen molar-refractivity contribution in [2.75, 3.05) is 12.8 Å². The van der Waals surface area contributed by atoms with Gasteiger partial charge in [0.15, 0.2) is 5.96 Å². The van der Waals surface area contributed by atoms with Gasteiger partial charge in [-0.25, -0.2) is 9.38 Å². The van der Waals surface area contributed by atoms with Crippen LogP contribution in [0, 0.1) is 5.82 Å². The second-order valence-corrected chi connectivity index (χ2v) is 5.19. The Morgan fingerprint density at radius 3 is 2.89 bits per heavy atom. The van der Waals surface area contributed by atoms with Crippen LogP contribution in [0.25, 0.3) is 0 Å². The minimum Gasteiger partial charge on any atom is -0.370 e. The highest BCUT2D eigenvalue weighted by Gasteiger charge is 2.03. The molecule has 0 aliphatic rings. The summed E-state index contributed by atoms with van der Waals surface area (Å²) in [6.45, 7) is 3.45. The summed E-state index contributed by atoms with van der Waals surface area (Å²) in [5, 5.41) is 3.07. The van der Waals surface area contributed by atoms with Gasteiger partial charge in [0.25, 0.3) is 0 Å². The number of nitrogens with zero attached hydrogens (tertiary/aromatic N) is 1. The van der Waals surface area contributed by atoms with Gasteiger partial charge < -0.3 is 11.1 Å². The van der Waals surface area contributed by atoms with Crippen LogP contribution in [0.5, 0.6) is 0 Å². The van der Waals surface area contributed by atoms with Gasteiger partial charge in [-0.05, 0) is 35.9 Å². The normalized spacial score (nSPS) is 11.6. The Balaban J connectivity index is 2.63. The number of benzene rings is 1. The van der Waals surface area contributed by atoms with E-state index in [1.54, 1.807) is 23.9 Å². The van der Waals surface area contributed by atoms with Gasteiger partial charge in [0.1, 0.15) is 5.82 Å². The van der Waals surface area contributed by atoms with Crippen molar-refractivity contribution < 1.29 is 4.39 Å². The summed E-state index contributed by atoms with van der Waals surface area (Å²) in [6.07, 6.45) is 4.19. The van der Waals surface area contributed by atoms with E-state index in [1.165, 1.54) is 6.07 Å². The number of aliphatic imine (C=N–C) groups is 1. The predicted molar refractivity (Wildman–Crippen MR) is 81.9 cm³/mol. The Bertz CT molecular complexity index is 421. The number of hydrogen-bond acceptors (Lipinski definition) is 2. The lowest BCUT2D eigenvalue weighted by atomic mass is 10.1. The molecule has 3 N–H and O–H groups in total. The number of unbranched alkanes of at least 4 members (excludes halogenated alkanes) is 1. The first kappa shape index (κ1) is 15.8. The first-order valence-electron chi connectivity index (χ1n) is 6.47. The monoisotopic (exact) mass is 283 g/mol. The van der Waals surface area contributed by atoms with Gasteiger partial charge in [-0.2, -0.15) is 11.8 Å². The summed E-state index contributed by atoms with van der Waals surface area (Å²) in [7, 11) is 0. The van der Waals surface area contributed by atoms with Gasteiger partial charge in [-0.15, -0.1) is 0 Å². The molecule has 5 heteroatoms. The van der Waals surface area contributed by atoms with Crippen LogP contribution >= 0.6 is 11.8 Å². The molecule has 0 fully saturated rings. The molecule has 3 nitrogen and oxygen atoms in total. The van der Waals surface area contributed by atoms with E-state index in [0.29, 0.717) is 12.5 Å². The third-order valence-corrected chi connectivity index (χ3v) is 3.32. The second-order valence-electron chi connectivity index (χ2n) is 4.33. The minimum atomic E-state index is -0.203. The van der Waals surface area contributed by atoms with Crippen LogP contribution in [0.3, 0.4) is 0 Å². The van der Waals surface area contributed by atoms with Crippen LogP contribution in [0.2, 0.25) is 0 Å². The molecule has 0 spiro atoms. The van der Waals surface area contributed by atoms with E-state index in [0.717, 1.165) is 36.3 Å². The topological polar surface area (TPSA) is 50.4 Å². The van der Waals surface area contributed by atoms with E-state index in [-0.39, 0.29) is 5.82 Å². The summed E-state index contributed by atoms with van der Waals surface area (Å²) >= 11 is 1.67. The van der Waals surface area contributed by atoms with Crippen LogP contribution in [0.15, 0.2) is 23.2 Å². The molecule has 0 saturated carbocycles. The van der Waals surface area contributed by atoms with Crippen molar-refractivity contribution in [2.24, 2.45) is 10.7 Å². The van der Waals surface area contributed by atoms with Crippen molar-refractivity contribution in [1.29, 1.82) is 0 Å². The minimum absolute atomic E-state index is 0.203. The first-order valence-corrected chi connectivity index (χ1v) is 7.86. The van der Waals surface area contributed by atoms with Crippen molar-refractivity contribution >= 4 is 17.7 Å². The van der Waals surface area contributed by atoms with E-state index in [2.05, 4.69) is 17.2 Å². The third-order valence-electron chi connectivity index (χ3n) is 2.72. The molecular formula is C14H22FN3S. The van der Waals surface area contributed by atoms with Crippen molar-refractivity contribution in [3.8, 4) is 0 Å². The molecule has 1 rings (SSSR count). The summed E-state index contributed by atoms with van der Waals surface area (Å²) in [5.41, 5.74) is 7.78. The molecule has 0 unspecified atom stereocenters. The lowest BCUT2D eigenvalue weighted by molar-refractivity contribution is 0.625. The Labute approximate surface area is 118 Å². The Morgan fingerprint density at radius 2 is 2.21 bits per heavy atom. The summed E-state index contributed by atoms with van der Waals surface area (Å²) in [6, 6.07) is 4.82. The molecular weight excluding hydrogens is 261 g/mol. The molecule has 1 aromatic carbocycles. The molecule has 0 bridgehead atoms. The summed E-state index contributed by atoms with van der Waals surface area (Å²) in [5.74, 6) is 1.03. The van der Waals surface area contributed by atoms with Gasteiger partial charge in [0.2, 0.25) is 0 Å². The standard InChI is InChI=1S/C14H22FN3S/c1-3-4-7-17-14(16)18-9-11-5-6-13(15)8-12(11)10-19-2/h5-6,8H,3-4,7,9-10H2,1-2H3,(H3,16,17,18). The number of rotatable bonds is 7. The molecule has 1 aromatic rings. The number of nitrogens with one attached hydrogen (secondary N) is 1. The third kappa shape index (κ3) is 5.96. The highest BCUT2D eigenvalue weighted by Crippen LogP contribution is 2.17. The average Bonchev–Trinajstić information content (AvgIpc) is 2.38. The molecule has 19 heavy (non-hydrogen) atoms. The van der Waals surface area contributed by atoms with Crippen LogP contribution in [-0.4, -0.2) is 18.8 Å². The smallest absolute Gasteiger partial charge is 0.188 e. The average molecular weight is 283 g/mol. The Hall–Kier alpha value is -1.23. The van der Waals surface area contributed by atoms with Crippen molar-refractivity contribution in [1.82, 2.24) is 5.32 Å². The quantitative estimate of drug-likeness (QED) is 0.459. The fraction of sp³-hybridized carbons (Fsp3) is 0.500. The SMILES string of the molecule is CCCCNC(N)=NCc1ccc(F)cc1CSC. The number of hydrogen-bond donors (Lipinski definition) is 2. The number of guanidine groups is 1. The molecule has 0 aliphatic carbocycles.